The molecule has 2 N–H and O–H groups in total. The molecule has 104 valence electrons. The molecule has 0 saturated heterocycles. The van der Waals surface area contributed by atoms with Crippen LogP contribution in [0.3, 0.4) is 0 Å². The third-order valence-electron chi connectivity index (χ3n) is 2.49. The zero-order valence-corrected chi connectivity index (χ0v) is 10.8. The van der Waals surface area contributed by atoms with Crippen LogP contribution in [-0.4, -0.2) is 24.4 Å². The Morgan fingerprint density at radius 2 is 2.00 bits per heavy atom. The van der Waals surface area contributed by atoms with Crippen LogP contribution in [0.4, 0.5) is 8.78 Å². The zero-order valence-electron chi connectivity index (χ0n) is 10.8. The van der Waals surface area contributed by atoms with Crippen LogP contribution in [0.25, 0.3) is 0 Å². The Bertz CT molecular complexity index is 478. The Morgan fingerprint density at radius 1 is 1.32 bits per heavy atom. The molecular weight excluding hydrogens is 254 g/mol. The third kappa shape index (κ3) is 4.01. The highest BCUT2D eigenvalue weighted by atomic mass is 19.2. The lowest BCUT2D eigenvalue weighted by molar-refractivity contribution is -0.122. The van der Waals surface area contributed by atoms with E-state index in [1.54, 1.807) is 0 Å². The minimum Gasteiger partial charge on any atom is -0.354 e. The zero-order chi connectivity index (χ0) is 14.4. The van der Waals surface area contributed by atoms with Gasteiger partial charge in [0.05, 0.1) is 5.56 Å². The van der Waals surface area contributed by atoms with Crippen LogP contribution < -0.4 is 10.6 Å². The van der Waals surface area contributed by atoms with Gasteiger partial charge in [-0.15, -0.1) is 0 Å². The fourth-order valence-corrected chi connectivity index (χ4v) is 1.42. The number of benzene rings is 1. The van der Waals surface area contributed by atoms with E-state index in [4.69, 9.17) is 0 Å². The first-order chi connectivity index (χ1) is 8.97. The Kier molecular flexibility index (Phi) is 5.41. The summed E-state index contributed by atoms with van der Waals surface area (Å²) in [6.45, 7) is 3.86. The van der Waals surface area contributed by atoms with Crippen molar-refractivity contribution in [2.75, 3.05) is 6.54 Å². The van der Waals surface area contributed by atoms with Crippen LogP contribution in [-0.2, 0) is 4.79 Å². The van der Waals surface area contributed by atoms with Gasteiger partial charge in [-0.1, -0.05) is 13.0 Å². The van der Waals surface area contributed by atoms with Gasteiger partial charge in [0.1, 0.15) is 6.04 Å². The number of carbonyl (C=O) groups is 2. The van der Waals surface area contributed by atoms with Crippen molar-refractivity contribution in [1.29, 1.82) is 0 Å². The highest BCUT2D eigenvalue weighted by Gasteiger charge is 2.19. The third-order valence-corrected chi connectivity index (χ3v) is 2.49. The van der Waals surface area contributed by atoms with Crippen molar-refractivity contribution < 1.29 is 18.4 Å². The number of carbonyl (C=O) groups excluding carboxylic acids is 2. The van der Waals surface area contributed by atoms with Gasteiger partial charge in [-0.05, 0) is 25.5 Å². The van der Waals surface area contributed by atoms with Crippen molar-refractivity contribution in [3.05, 3.63) is 35.4 Å². The molecule has 0 aliphatic carbocycles. The highest BCUT2D eigenvalue weighted by Crippen LogP contribution is 2.11. The summed E-state index contributed by atoms with van der Waals surface area (Å²) >= 11 is 0. The van der Waals surface area contributed by atoms with Crippen LogP contribution in [0.1, 0.15) is 30.6 Å². The maximum Gasteiger partial charge on any atom is 0.255 e. The van der Waals surface area contributed by atoms with Gasteiger partial charge in [-0.2, -0.15) is 0 Å². The fraction of sp³-hybridized carbons (Fsp3) is 0.385. The summed E-state index contributed by atoms with van der Waals surface area (Å²) < 4.78 is 26.3. The summed E-state index contributed by atoms with van der Waals surface area (Å²) in [4.78, 5) is 23.2. The lowest BCUT2D eigenvalue weighted by atomic mass is 10.1. The fourth-order valence-electron chi connectivity index (χ4n) is 1.42. The van der Waals surface area contributed by atoms with E-state index in [9.17, 15) is 18.4 Å². The number of nitrogens with one attached hydrogen (secondary N) is 2. The molecule has 1 aromatic rings. The van der Waals surface area contributed by atoms with E-state index in [1.807, 2.05) is 6.92 Å². The van der Waals surface area contributed by atoms with Gasteiger partial charge < -0.3 is 10.6 Å². The van der Waals surface area contributed by atoms with Crippen LogP contribution in [0.15, 0.2) is 18.2 Å². The quantitative estimate of drug-likeness (QED) is 0.854. The lowest BCUT2D eigenvalue weighted by Gasteiger charge is -2.14. The summed E-state index contributed by atoms with van der Waals surface area (Å²) in [7, 11) is 0. The molecule has 6 heteroatoms. The summed E-state index contributed by atoms with van der Waals surface area (Å²) in [6, 6.07) is 2.49. The number of hydrogen-bond acceptors (Lipinski definition) is 2. The van der Waals surface area contributed by atoms with Crippen LogP contribution in [0.5, 0.6) is 0 Å². The topological polar surface area (TPSA) is 58.2 Å². The second-order valence-electron chi connectivity index (χ2n) is 4.09. The predicted molar refractivity (Wildman–Crippen MR) is 66.6 cm³/mol. The summed E-state index contributed by atoms with van der Waals surface area (Å²) in [5, 5.41) is 4.91. The molecule has 0 radical (unpaired) electrons. The molecular formula is C13H16F2N2O2. The molecule has 1 atom stereocenters. The summed E-state index contributed by atoms with van der Waals surface area (Å²) in [6.07, 6.45) is 0.769. The minimum atomic E-state index is -1.22. The smallest absolute Gasteiger partial charge is 0.255 e. The largest absolute Gasteiger partial charge is 0.354 e. The minimum absolute atomic E-state index is 0.369. The van der Waals surface area contributed by atoms with Crippen molar-refractivity contribution in [2.24, 2.45) is 0 Å². The van der Waals surface area contributed by atoms with Gasteiger partial charge in [-0.3, -0.25) is 9.59 Å². The Labute approximate surface area is 110 Å². The standard InChI is InChI=1S/C13H16F2N2O2/c1-3-7-16-12(18)8(2)17-13(19)9-5-4-6-10(14)11(9)15/h4-6,8H,3,7H2,1-2H3,(H,16,18)(H,17,19). The van der Waals surface area contributed by atoms with Crippen LogP contribution >= 0.6 is 0 Å². The van der Waals surface area contributed by atoms with Gasteiger partial charge in [0, 0.05) is 6.54 Å². The van der Waals surface area contributed by atoms with Gasteiger partial charge in [0.2, 0.25) is 5.91 Å². The maximum absolute atomic E-state index is 13.4. The van der Waals surface area contributed by atoms with Gasteiger partial charge >= 0.3 is 0 Å². The number of halogens is 2. The Morgan fingerprint density at radius 3 is 2.63 bits per heavy atom. The van der Waals surface area contributed by atoms with E-state index < -0.39 is 29.1 Å². The first-order valence-electron chi connectivity index (χ1n) is 6.00. The van der Waals surface area contributed by atoms with E-state index in [1.165, 1.54) is 13.0 Å². The number of amides is 2. The lowest BCUT2D eigenvalue weighted by Crippen LogP contribution is -2.45. The Balaban J connectivity index is 2.69. The van der Waals surface area contributed by atoms with E-state index in [0.717, 1.165) is 18.6 Å². The van der Waals surface area contributed by atoms with Gasteiger partial charge in [0.25, 0.3) is 5.91 Å². The van der Waals surface area contributed by atoms with Crippen molar-refractivity contribution >= 4 is 11.8 Å². The maximum atomic E-state index is 13.4. The predicted octanol–water partition coefficient (Wildman–Crippen LogP) is 1.61. The van der Waals surface area contributed by atoms with Crippen molar-refractivity contribution in [2.45, 2.75) is 26.3 Å². The van der Waals surface area contributed by atoms with Crippen LogP contribution in [0.2, 0.25) is 0 Å². The second kappa shape index (κ2) is 6.82. The number of rotatable bonds is 5. The monoisotopic (exact) mass is 270 g/mol. The van der Waals surface area contributed by atoms with Gasteiger partial charge in [-0.25, -0.2) is 8.78 Å². The molecule has 0 aromatic heterocycles. The molecule has 19 heavy (non-hydrogen) atoms. The van der Waals surface area contributed by atoms with Crippen molar-refractivity contribution in [1.82, 2.24) is 10.6 Å². The molecule has 1 unspecified atom stereocenters. The molecule has 0 aliphatic rings. The summed E-state index contributed by atoms with van der Waals surface area (Å²) in [5.74, 6) is -3.51. The average Bonchev–Trinajstić information content (AvgIpc) is 2.38. The molecule has 0 saturated carbocycles. The molecule has 4 nitrogen and oxygen atoms in total. The highest BCUT2D eigenvalue weighted by molar-refractivity contribution is 5.97. The average molecular weight is 270 g/mol. The van der Waals surface area contributed by atoms with E-state index >= 15 is 0 Å². The van der Waals surface area contributed by atoms with E-state index in [-0.39, 0.29) is 5.91 Å². The molecule has 0 aliphatic heterocycles. The number of hydrogen-bond donors (Lipinski definition) is 2. The molecule has 2 amide bonds. The van der Waals surface area contributed by atoms with E-state index in [0.29, 0.717) is 6.54 Å². The van der Waals surface area contributed by atoms with Crippen LogP contribution in [0, 0.1) is 11.6 Å². The molecule has 0 fully saturated rings. The van der Waals surface area contributed by atoms with E-state index in [2.05, 4.69) is 10.6 Å². The second-order valence-corrected chi connectivity index (χ2v) is 4.09. The first-order valence-corrected chi connectivity index (χ1v) is 6.00. The molecule has 0 heterocycles. The normalized spacial score (nSPS) is 11.8. The SMILES string of the molecule is CCCNC(=O)C(C)NC(=O)c1cccc(F)c1F. The first kappa shape index (κ1) is 15.1. The molecule has 1 rings (SSSR count). The molecule has 0 bridgehead atoms. The van der Waals surface area contributed by atoms with Crippen molar-refractivity contribution in [3.8, 4) is 0 Å². The van der Waals surface area contributed by atoms with Crippen molar-refractivity contribution in [3.63, 3.8) is 0 Å². The summed E-state index contributed by atoms with van der Waals surface area (Å²) in [5.41, 5.74) is -0.421. The Hall–Kier alpha value is -1.98. The molecule has 0 spiro atoms. The van der Waals surface area contributed by atoms with Gasteiger partial charge in [0.15, 0.2) is 11.6 Å². The molecule has 1 aromatic carbocycles.